The summed E-state index contributed by atoms with van der Waals surface area (Å²) in [4.78, 5) is 23.0. The fourth-order valence-corrected chi connectivity index (χ4v) is 4.33. The van der Waals surface area contributed by atoms with Crippen LogP contribution in [0.1, 0.15) is 30.2 Å². The number of hydrogen-bond donors (Lipinski definition) is 1. The molecule has 0 aromatic carbocycles. The van der Waals surface area contributed by atoms with E-state index in [1.165, 1.54) is 35.0 Å². The third-order valence-corrected chi connectivity index (χ3v) is 6.09. The lowest BCUT2D eigenvalue weighted by atomic mass is 10.2. The normalized spacial score (nSPS) is 16.1. The molecule has 1 aliphatic rings. The van der Waals surface area contributed by atoms with Gasteiger partial charge in [0.1, 0.15) is 16.2 Å². The van der Waals surface area contributed by atoms with Crippen molar-refractivity contribution in [1.29, 1.82) is 0 Å². The van der Waals surface area contributed by atoms with Gasteiger partial charge in [0.15, 0.2) is 0 Å². The van der Waals surface area contributed by atoms with E-state index in [4.69, 9.17) is 0 Å². The Morgan fingerprint density at radius 3 is 2.95 bits per heavy atom. The smallest absolute Gasteiger partial charge is 0.230 e. The van der Waals surface area contributed by atoms with Crippen LogP contribution in [0.2, 0.25) is 0 Å². The van der Waals surface area contributed by atoms with Crippen LogP contribution in [0.15, 0.2) is 11.4 Å². The first kappa shape index (κ1) is 14.8. The van der Waals surface area contributed by atoms with E-state index in [1.54, 1.807) is 17.7 Å². The van der Waals surface area contributed by atoms with Gasteiger partial charge in [-0.3, -0.25) is 4.79 Å². The van der Waals surface area contributed by atoms with Crippen LogP contribution in [0.4, 0.5) is 0 Å². The molecule has 2 aromatic heterocycles. The molecule has 0 saturated heterocycles. The van der Waals surface area contributed by atoms with Gasteiger partial charge in [-0.2, -0.15) is 0 Å². The predicted octanol–water partition coefficient (Wildman–Crippen LogP) is 3.31. The highest BCUT2D eigenvalue weighted by molar-refractivity contribution is 8.00. The molecular weight excluding hydrogens is 302 g/mol. The molecule has 3 rings (SSSR count). The van der Waals surface area contributed by atoms with Crippen LogP contribution in [0, 0.1) is 19.8 Å². The van der Waals surface area contributed by atoms with Crippen molar-refractivity contribution in [1.82, 2.24) is 15.3 Å². The molecule has 0 spiro atoms. The number of carbonyl (C=O) groups excluding carboxylic acids is 1. The summed E-state index contributed by atoms with van der Waals surface area (Å²) in [5, 5.41) is 5.10. The average molecular weight is 321 g/mol. The maximum absolute atomic E-state index is 12.0. The topological polar surface area (TPSA) is 54.9 Å². The molecular formula is C15H19N3OS2. The Morgan fingerprint density at radius 1 is 1.48 bits per heavy atom. The van der Waals surface area contributed by atoms with E-state index in [-0.39, 0.29) is 5.91 Å². The highest BCUT2D eigenvalue weighted by Gasteiger charge is 2.28. The molecule has 21 heavy (non-hydrogen) atoms. The van der Waals surface area contributed by atoms with Crippen LogP contribution in [0.25, 0.3) is 10.2 Å². The van der Waals surface area contributed by atoms with Crippen molar-refractivity contribution in [2.24, 2.45) is 5.92 Å². The van der Waals surface area contributed by atoms with Gasteiger partial charge >= 0.3 is 0 Å². The molecule has 0 unspecified atom stereocenters. The van der Waals surface area contributed by atoms with Gasteiger partial charge in [0.25, 0.3) is 0 Å². The monoisotopic (exact) mass is 321 g/mol. The number of fused-ring (bicyclic) bond motifs is 1. The minimum absolute atomic E-state index is 0.0933. The summed E-state index contributed by atoms with van der Waals surface area (Å²) >= 11 is 3.19. The molecule has 1 saturated carbocycles. The lowest BCUT2D eigenvalue weighted by Crippen LogP contribution is -2.35. The Morgan fingerprint density at radius 2 is 2.24 bits per heavy atom. The highest BCUT2D eigenvalue weighted by Crippen LogP contribution is 2.35. The van der Waals surface area contributed by atoms with Crippen LogP contribution in [0.5, 0.6) is 0 Å². The number of nitrogens with zero attached hydrogens (tertiary/aromatic N) is 2. The fraction of sp³-hybridized carbons (Fsp3) is 0.533. The van der Waals surface area contributed by atoms with Crippen molar-refractivity contribution in [3.8, 4) is 0 Å². The molecule has 0 bridgehead atoms. The minimum Gasteiger partial charge on any atom is -0.353 e. The van der Waals surface area contributed by atoms with Gasteiger partial charge in [-0.25, -0.2) is 9.97 Å². The molecule has 6 heteroatoms. The van der Waals surface area contributed by atoms with Gasteiger partial charge in [0, 0.05) is 16.3 Å². The Labute approximate surface area is 132 Å². The minimum atomic E-state index is 0.0933. The van der Waals surface area contributed by atoms with E-state index in [1.807, 2.05) is 0 Å². The summed E-state index contributed by atoms with van der Waals surface area (Å²) in [6.07, 6.45) is 4.08. The standard InChI is InChI=1S/C15H19N3OS2/c1-8-10(3)21-15-13(8)14(16-7-17-15)20-6-12(19)18-9(2)11-4-5-11/h7,9,11H,4-6H2,1-3H3,(H,18,19)/t9-/m1/s1. The lowest BCUT2D eigenvalue weighted by Gasteiger charge is -2.12. The van der Waals surface area contributed by atoms with Gasteiger partial charge in [-0.15, -0.1) is 11.3 Å². The van der Waals surface area contributed by atoms with E-state index in [2.05, 4.69) is 36.1 Å². The zero-order valence-electron chi connectivity index (χ0n) is 12.5. The second-order valence-corrected chi connectivity index (χ2v) is 7.79. The molecule has 0 radical (unpaired) electrons. The number of amides is 1. The number of aromatic nitrogens is 2. The van der Waals surface area contributed by atoms with Gasteiger partial charge in [-0.05, 0) is 45.1 Å². The molecule has 0 aliphatic heterocycles. The number of thiophene rings is 1. The Bertz CT molecular complexity index is 679. The van der Waals surface area contributed by atoms with Gasteiger partial charge in [0.05, 0.1) is 5.75 Å². The first-order chi connectivity index (χ1) is 10.1. The van der Waals surface area contributed by atoms with Crippen molar-refractivity contribution in [2.75, 3.05) is 5.75 Å². The van der Waals surface area contributed by atoms with Crippen LogP contribution in [-0.2, 0) is 4.79 Å². The molecule has 2 heterocycles. The number of carbonyl (C=O) groups is 1. The van der Waals surface area contributed by atoms with E-state index in [0.717, 1.165) is 15.2 Å². The molecule has 1 amide bonds. The van der Waals surface area contributed by atoms with Crippen molar-refractivity contribution >= 4 is 39.2 Å². The summed E-state index contributed by atoms with van der Waals surface area (Å²) in [6.45, 7) is 6.28. The molecule has 112 valence electrons. The molecule has 1 fully saturated rings. The third kappa shape index (κ3) is 3.21. The molecule has 4 nitrogen and oxygen atoms in total. The molecule has 1 aliphatic carbocycles. The summed E-state index contributed by atoms with van der Waals surface area (Å²) in [6, 6.07) is 0.300. The number of rotatable bonds is 5. The summed E-state index contributed by atoms with van der Waals surface area (Å²) in [5.41, 5.74) is 1.23. The van der Waals surface area contributed by atoms with E-state index >= 15 is 0 Å². The largest absolute Gasteiger partial charge is 0.353 e. The fourth-order valence-electron chi connectivity index (χ4n) is 2.40. The SMILES string of the molecule is Cc1sc2ncnc(SCC(=O)N[C@H](C)C3CC3)c2c1C. The predicted molar refractivity (Wildman–Crippen MR) is 87.9 cm³/mol. The van der Waals surface area contributed by atoms with Crippen molar-refractivity contribution in [3.63, 3.8) is 0 Å². The first-order valence-electron chi connectivity index (χ1n) is 7.19. The Kier molecular flexibility index (Phi) is 4.17. The van der Waals surface area contributed by atoms with E-state index < -0.39 is 0 Å². The Balaban J connectivity index is 1.68. The second-order valence-electron chi connectivity index (χ2n) is 5.62. The van der Waals surface area contributed by atoms with E-state index in [0.29, 0.717) is 17.7 Å². The molecule has 2 aromatic rings. The van der Waals surface area contributed by atoms with Gasteiger partial charge in [0.2, 0.25) is 5.91 Å². The van der Waals surface area contributed by atoms with Crippen LogP contribution in [-0.4, -0.2) is 27.7 Å². The number of aryl methyl sites for hydroxylation is 2. The second kappa shape index (κ2) is 5.93. The maximum atomic E-state index is 12.0. The van der Waals surface area contributed by atoms with Crippen LogP contribution >= 0.6 is 23.1 Å². The summed E-state index contributed by atoms with van der Waals surface area (Å²) < 4.78 is 0. The lowest BCUT2D eigenvalue weighted by molar-refractivity contribution is -0.119. The maximum Gasteiger partial charge on any atom is 0.230 e. The Hall–Kier alpha value is -1.14. The summed E-state index contributed by atoms with van der Waals surface area (Å²) in [5.74, 6) is 1.19. The van der Waals surface area contributed by atoms with Crippen molar-refractivity contribution in [2.45, 2.75) is 44.7 Å². The van der Waals surface area contributed by atoms with Crippen LogP contribution < -0.4 is 5.32 Å². The van der Waals surface area contributed by atoms with E-state index in [9.17, 15) is 4.79 Å². The van der Waals surface area contributed by atoms with Crippen molar-refractivity contribution in [3.05, 3.63) is 16.8 Å². The zero-order valence-corrected chi connectivity index (χ0v) is 14.1. The number of nitrogens with one attached hydrogen (secondary N) is 1. The zero-order chi connectivity index (χ0) is 15.0. The van der Waals surface area contributed by atoms with Crippen molar-refractivity contribution < 1.29 is 4.79 Å². The highest BCUT2D eigenvalue weighted by atomic mass is 32.2. The molecule has 1 atom stereocenters. The first-order valence-corrected chi connectivity index (χ1v) is 8.99. The van der Waals surface area contributed by atoms with Gasteiger partial charge < -0.3 is 5.32 Å². The number of thioether (sulfide) groups is 1. The summed E-state index contributed by atoms with van der Waals surface area (Å²) in [7, 11) is 0. The quantitative estimate of drug-likeness (QED) is 0.678. The average Bonchev–Trinajstić information content (AvgIpc) is 3.25. The molecule has 1 N–H and O–H groups in total. The number of hydrogen-bond acceptors (Lipinski definition) is 5. The third-order valence-electron chi connectivity index (χ3n) is 3.99. The van der Waals surface area contributed by atoms with Crippen LogP contribution in [0.3, 0.4) is 0 Å². The van der Waals surface area contributed by atoms with Gasteiger partial charge in [-0.1, -0.05) is 11.8 Å².